The predicted octanol–water partition coefficient (Wildman–Crippen LogP) is 3.16. The topological polar surface area (TPSA) is 29.9 Å². The Kier molecular flexibility index (Phi) is 7.02. The van der Waals surface area contributed by atoms with Gasteiger partial charge >= 0.3 is 0 Å². The summed E-state index contributed by atoms with van der Waals surface area (Å²) in [4.78, 5) is 4.41. The highest BCUT2D eigenvalue weighted by atomic mass is 15.0. The molecule has 0 radical (unpaired) electrons. The minimum atomic E-state index is 0.626. The minimum absolute atomic E-state index is 0.626. The van der Waals surface area contributed by atoms with Crippen LogP contribution in [-0.2, 0) is 13.5 Å². The summed E-state index contributed by atoms with van der Waals surface area (Å²) in [5.41, 5.74) is 0. The Labute approximate surface area is 112 Å². The Balaban J connectivity index is 2.51. The second-order valence-corrected chi connectivity index (χ2v) is 5.23. The Morgan fingerprint density at radius 2 is 1.89 bits per heavy atom. The van der Waals surface area contributed by atoms with Crippen molar-refractivity contribution in [3.05, 3.63) is 18.2 Å². The first-order valence-electron chi connectivity index (χ1n) is 7.36. The lowest BCUT2D eigenvalue weighted by molar-refractivity contribution is 0.308. The lowest BCUT2D eigenvalue weighted by atomic mass is 9.88. The van der Waals surface area contributed by atoms with Crippen molar-refractivity contribution in [2.45, 2.75) is 58.4 Å². The highest BCUT2D eigenvalue weighted by Crippen LogP contribution is 2.21. The number of nitrogens with zero attached hydrogens (tertiary/aromatic N) is 2. The standard InChI is InChI=1S/C15H29N3/c1-5-7-13(8-6-2)14(16-3)9-10-15-17-11-12-18(15)4/h11-14,16H,5-10H2,1-4H3. The number of hydrogen-bond acceptors (Lipinski definition) is 2. The van der Waals surface area contributed by atoms with Crippen molar-refractivity contribution in [2.75, 3.05) is 7.05 Å². The summed E-state index contributed by atoms with van der Waals surface area (Å²) in [6.45, 7) is 4.57. The molecular weight excluding hydrogens is 222 g/mol. The fourth-order valence-electron chi connectivity index (χ4n) is 2.83. The zero-order valence-corrected chi connectivity index (χ0v) is 12.4. The summed E-state index contributed by atoms with van der Waals surface area (Å²) < 4.78 is 2.13. The molecule has 0 aliphatic heterocycles. The van der Waals surface area contributed by atoms with Crippen LogP contribution >= 0.6 is 0 Å². The van der Waals surface area contributed by atoms with Crippen LogP contribution in [0, 0.1) is 5.92 Å². The molecule has 0 saturated carbocycles. The zero-order valence-electron chi connectivity index (χ0n) is 12.4. The molecule has 1 rings (SSSR count). The number of imidazole rings is 1. The highest BCUT2D eigenvalue weighted by Gasteiger charge is 2.18. The van der Waals surface area contributed by atoms with Crippen LogP contribution in [0.15, 0.2) is 12.4 Å². The summed E-state index contributed by atoms with van der Waals surface area (Å²) in [5, 5.41) is 3.52. The van der Waals surface area contributed by atoms with Crippen LogP contribution in [0.4, 0.5) is 0 Å². The van der Waals surface area contributed by atoms with E-state index in [4.69, 9.17) is 0 Å². The van der Waals surface area contributed by atoms with Crippen molar-refractivity contribution in [1.29, 1.82) is 0 Å². The molecule has 104 valence electrons. The largest absolute Gasteiger partial charge is 0.338 e. The first kappa shape index (κ1) is 15.2. The van der Waals surface area contributed by atoms with Crippen molar-refractivity contribution >= 4 is 0 Å². The highest BCUT2D eigenvalue weighted by molar-refractivity contribution is 4.92. The van der Waals surface area contributed by atoms with Crippen molar-refractivity contribution in [3.63, 3.8) is 0 Å². The lowest BCUT2D eigenvalue weighted by Gasteiger charge is -2.26. The Morgan fingerprint density at radius 1 is 1.22 bits per heavy atom. The average Bonchev–Trinajstić information content (AvgIpc) is 2.76. The van der Waals surface area contributed by atoms with Gasteiger partial charge in [0.05, 0.1) is 0 Å². The van der Waals surface area contributed by atoms with Crippen molar-refractivity contribution < 1.29 is 0 Å². The van der Waals surface area contributed by atoms with E-state index in [0.29, 0.717) is 6.04 Å². The second kappa shape index (κ2) is 8.30. The van der Waals surface area contributed by atoms with Crippen LogP contribution in [0.1, 0.15) is 51.8 Å². The molecule has 0 aliphatic rings. The van der Waals surface area contributed by atoms with Crippen LogP contribution in [0.2, 0.25) is 0 Å². The van der Waals surface area contributed by atoms with Crippen LogP contribution < -0.4 is 5.32 Å². The summed E-state index contributed by atoms with van der Waals surface area (Å²) in [7, 11) is 4.17. The molecule has 0 amide bonds. The second-order valence-electron chi connectivity index (χ2n) is 5.23. The molecule has 18 heavy (non-hydrogen) atoms. The van der Waals surface area contributed by atoms with Crippen LogP contribution in [0.25, 0.3) is 0 Å². The van der Waals surface area contributed by atoms with E-state index in [-0.39, 0.29) is 0 Å². The van der Waals surface area contributed by atoms with Crippen molar-refractivity contribution in [2.24, 2.45) is 13.0 Å². The molecule has 0 bridgehead atoms. The fraction of sp³-hybridized carbons (Fsp3) is 0.800. The maximum atomic E-state index is 4.41. The molecule has 3 heteroatoms. The van der Waals surface area contributed by atoms with Crippen molar-refractivity contribution in [3.8, 4) is 0 Å². The van der Waals surface area contributed by atoms with E-state index in [0.717, 1.165) is 12.3 Å². The van der Waals surface area contributed by atoms with Gasteiger partial charge in [-0.1, -0.05) is 26.7 Å². The van der Waals surface area contributed by atoms with E-state index in [2.05, 4.69) is 42.8 Å². The number of aromatic nitrogens is 2. The van der Waals surface area contributed by atoms with Gasteiger partial charge in [-0.15, -0.1) is 0 Å². The SMILES string of the molecule is CCCC(CCC)C(CCc1nccn1C)NC. The Hall–Kier alpha value is -0.830. The Bertz CT molecular complexity index is 313. The predicted molar refractivity (Wildman–Crippen MR) is 77.7 cm³/mol. The molecule has 0 aromatic carbocycles. The van der Waals surface area contributed by atoms with Gasteiger partial charge in [-0.2, -0.15) is 0 Å². The first-order valence-corrected chi connectivity index (χ1v) is 7.36. The number of hydrogen-bond donors (Lipinski definition) is 1. The molecule has 0 spiro atoms. The molecule has 1 unspecified atom stereocenters. The maximum Gasteiger partial charge on any atom is 0.108 e. The summed E-state index contributed by atoms with van der Waals surface area (Å²) in [6.07, 6.45) is 11.4. The number of nitrogens with one attached hydrogen (secondary N) is 1. The first-order chi connectivity index (χ1) is 8.72. The van der Waals surface area contributed by atoms with Gasteiger partial charge in [0.25, 0.3) is 0 Å². The summed E-state index contributed by atoms with van der Waals surface area (Å²) >= 11 is 0. The summed E-state index contributed by atoms with van der Waals surface area (Å²) in [6, 6.07) is 0.626. The molecule has 0 saturated heterocycles. The van der Waals surface area contributed by atoms with Gasteiger partial charge in [0, 0.05) is 31.9 Å². The third kappa shape index (κ3) is 4.45. The zero-order chi connectivity index (χ0) is 13.4. The van der Waals surface area contributed by atoms with E-state index < -0.39 is 0 Å². The molecule has 3 nitrogen and oxygen atoms in total. The monoisotopic (exact) mass is 251 g/mol. The fourth-order valence-corrected chi connectivity index (χ4v) is 2.83. The van der Waals surface area contributed by atoms with Crippen LogP contribution in [0.3, 0.4) is 0 Å². The molecule has 0 aliphatic carbocycles. The third-order valence-electron chi connectivity index (χ3n) is 3.86. The average molecular weight is 251 g/mol. The van der Waals surface area contributed by atoms with E-state index >= 15 is 0 Å². The van der Waals surface area contributed by atoms with Crippen molar-refractivity contribution in [1.82, 2.24) is 14.9 Å². The van der Waals surface area contributed by atoms with E-state index in [1.165, 1.54) is 37.9 Å². The molecule has 1 atom stereocenters. The minimum Gasteiger partial charge on any atom is -0.338 e. The molecule has 0 fully saturated rings. The van der Waals surface area contributed by atoms with Gasteiger partial charge in [0.1, 0.15) is 5.82 Å². The molecular formula is C15H29N3. The third-order valence-corrected chi connectivity index (χ3v) is 3.86. The van der Waals surface area contributed by atoms with Gasteiger partial charge < -0.3 is 9.88 Å². The molecule has 1 aromatic heterocycles. The number of rotatable bonds is 9. The maximum absolute atomic E-state index is 4.41. The van der Waals surface area contributed by atoms with Gasteiger partial charge in [-0.3, -0.25) is 0 Å². The molecule has 1 heterocycles. The van der Waals surface area contributed by atoms with Crippen LogP contribution in [0.5, 0.6) is 0 Å². The van der Waals surface area contributed by atoms with Gasteiger partial charge in [0.2, 0.25) is 0 Å². The van der Waals surface area contributed by atoms with E-state index in [1.807, 2.05) is 12.4 Å². The van der Waals surface area contributed by atoms with E-state index in [1.54, 1.807) is 0 Å². The molecule has 1 N–H and O–H groups in total. The smallest absolute Gasteiger partial charge is 0.108 e. The Morgan fingerprint density at radius 3 is 2.33 bits per heavy atom. The van der Waals surface area contributed by atoms with E-state index in [9.17, 15) is 0 Å². The quantitative estimate of drug-likeness (QED) is 0.730. The normalized spacial score (nSPS) is 13.2. The van der Waals surface area contributed by atoms with Gasteiger partial charge in [-0.05, 0) is 32.2 Å². The van der Waals surface area contributed by atoms with Crippen LogP contribution in [-0.4, -0.2) is 22.6 Å². The summed E-state index contributed by atoms with van der Waals surface area (Å²) in [5.74, 6) is 2.01. The number of aryl methyl sites for hydroxylation is 2. The molecule has 1 aromatic rings. The van der Waals surface area contributed by atoms with Gasteiger partial charge in [-0.25, -0.2) is 4.98 Å². The van der Waals surface area contributed by atoms with Gasteiger partial charge in [0.15, 0.2) is 0 Å². The lowest BCUT2D eigenvalue weighted by Crippen LogP contribution is -2.34.